The Hall–Kier alpha value is -0.410. The Bertz CT molecular complexity index is 356. The van der Waals surface area contributed by atoms with Gasteiger partial charge in [0.2, 0.25) is 0 Å². The van der Waals surface area contributed by atoms with E-state index in [1.165, 1.54) is 30.7 Å². The molecule has 1 aliphatic rings. The van der Waals surface area contributed by atoms with Gasteiger partial charge in [-0.05, 0) is 43.6 Å². The van der Waals surface area contributed by atoms with Gasteiger partial charge in [0.05, 0.1) is 5.54 Å². The number of hydrogen-bond donors (Lipinski definition) is 1. The van der Waals surface area contributed by atoms with Gasteiger partial charge in [-0.25, -0.2) is 4.98 Å². The molecule has 0 spiro atoms. The van der Waals surface area contributed by atoms with Gasteiger partial charge in [-0.3, -0.25) is 0 Å². The van der Waals surface area contributed by atoms with Crippen molar-refractivity contribution in [2.75, 3.05) is 6.54 Å². The smallest absolute Gasteiger partial charge is 0.113 e. The van der Waals surface area contributed by atoms with Crippen LogP contribution in [0.4, 0.5) is 0 Å². The van der Waals surface area contributed by atoms with Gasteiger partial charge in [-0.15, -0.1) is 11.3 Å². The van der Waals surface area contributed by atoms with Crippen LogP contribution in [0.3, 0.4) is 0 Å². The van der Waals surface area contributed by atoms with Gasteiger partial charge in [0, 0.05) is 11.6 Å². The van der Waals surface area contributed by atoms with Crippen LogP contribution in [0.2, 0.25) is 0 Å². The molecule has 3 heteroatoms. The third-order valence-electron chi connectivity index (χ3n) is 4.42. The standard InChI is InChI=1S/C15H26N2S/c1-5-17-15(13-16-10-11-18-13)8-6-12(7-9-15)14(2,3)4/h10-12,17H,5-9H2,1-4H3. The van der Waals surface area contributed by atoms with Crippen molar-refractivity contribution < 1.29 is 0 Å². The van der Waals surface area contributed by atoms with Crippen molar-refractivity contribution in [2.45, 2.75) is 58.9 Å². The van der Waals surface area contributed by atoms with E-state index in [-0.39, 0.29) is 5.54 Å². The molecule has 18 heavy (non-hydrogen) atoms. The van der Waals surface area contributed by atoms with E-state index in [2.05, 4.69) is 43.4 Å². The first-order chi connectivity index (χ1) is 8.48. The molecular weight excluding hydrogens is 240 g/mol. The lowest BCUT2D eigenvalue weighted by atomic mass is 9.67. The minimum Gasteiger partial charge on any atom is -0.306 e. The topological polar surface area (TPSA) is 24.9 Å². The summed E-state index contributed by atoms with van der Waals surface area (Å²) in [6.45, 7) is 10.4. The Morgan fingerprint density at radius 3 is 2.50 bits per heavy atom. The maximum atomic E-state index is 4.57. The SMILES string of the molecule is CCNC1(c2nccs2)CCC(C(C)(C)C)CC1. The summed E-state index contributed by atoms with van der Waals surface area (Å²) in [5, 5.41) is 7.11. The minimum absolute atomic E-state index is 0.157. The average Bonchev–Trinajstić information content (AvgIpc) is 2.82. The number of hydrogen-bond acceptors (Lipinski definition) is 3. The molecule has 102 valence electrons. The molecule has 1 aromatic rings. The van der Waals surface area contributed by atoms with Crippen LogP contribution >= 0.6 is 11.3 Å². The molecule has 0 bridgehead atoms. The van der Waals surface area contributed by atoms with Crippen LogP contribution in [-0.2, 0) is 5.54 Å². The first kappa shape index (κ1) is 14.0. The Kier molecular flexibility index (Phi) is 4.12. The predicted molar refractivity (Wildman–Crippen MR) is 78.9 cm³/mol. The molecule has 0 amide bonds. The molecule has 1 fully saturated rings. The molecule has 0 saturated heterocycles. The summed E-state index contributed by atoms with van der Waals surface area (Å²) in [7, 11) is 0. The van der Waals surface area contributed by atoms with Gasteiger partial charge in [0.15, 0.2) is 0 Å². The molecule has 0 aliphatic heterocycles. The van der Waals surface area contributed by atoms with E-state index >= 15 is 0 Å². The zero-order valence-electron chi connectivity index (χ0n) is 12.1. The van der Waals surface area contributed by atoms with Gasteiger partial charge >= 0.3 is 0 Å². The van der Waals surface area contributed by atoms with Crippen LogP contribution in [0.15, 0.2) is 11.6 Å². The lowest BCUT2D eigenvalue weighted by Crippen LogP contribution is -2.46. The quantitative estimate of drug-likeness (QED) is 0.887. The Labute approximate surface area is 115 Å². The van der Waals surface area contributed by atoms with Gasteiger partial charge in [-0.1, -0.05) is 27.7 Å². The highest BCUT2D eigenvalue weighted by Gasteiger charge is 2.40. The normalized spacial score (nSPS) is 29.4. The molecule has 1 heterocycles. The number of nitrogens with zero attached hydrogens (tertiary/aromatic N) is 1. The van der Waals surface area contributed by atoms with Crippen LogP contribution in [-0.4, -0.2) is 11.5 Å². The van der Waals surface area contributed by atoms with Crippen molar-refractivity contribution in [1.82, 2.24) is 10.3 Å². The molecule has 2 rings (SSSR count). The number of nitrogens with one attached hydrogen (secondary N) is 1. The lowest BCUT2D eigenvalue weighted by Gasteiger charge is -2.43. The second kappa shape index (κ2) is 5.30. The molecule has 1 aliphatic carbocycles. The van der Waals surface area contributed by atoms with Gasteiger partial charge in [-0.2, -0.15) is 0 Å². The summed E-state index contributed by atoms with van der Waals surface area (Å²) in [5.74, 6) is 0.851. The molecule has 0 aromatic carbocycles. The largest absolute Gasteiger partial charge is 0.306 e. The highest BCUT2D eigenvalue weighted by Crippen LogP contribution is 2.45. The fourth-order valence-electron chi connectivity index (χ4n) is 3.24. The molecule has 0 unspecified atom stereocenters. The fraction of sp³-hybridized carbons (Fsp3) is 0.800. The molecule has 1 N–H and O–H groups in total. The highest BCUT2D eigenvalue weighted by molar-refractivity contribution is 7.09. The van der Waals surface area contributed by atoms with Crippen molar-refractivity contribution in [3.8, 4) is 0 Å². The van der Waals surface area contributed by atoms with E-state index < -0.39 is 0 Å². The van der Waals surface area contributed by atoms with Gasteiger partial charge in [0.1, 0.15) is 5.01 Å². The third-order valence-corrected chi connectivity index (χ3v) is 5.40. The van der Waals surface area contributed by atoms with Crippen LogP contribution in [0.5, 0.6) is 0 Å². The molecule has 0 radical (unpaired) electrons. The maximum Gasteiger partial charge on any atom is 0.113 e. The number of thiazole rings is 1. The summed E-state index contributed by atoms with van der Waals surface area (Å²) in [5.41, 5.74) is 0.603. The zero-order chi connectivity index (χ0) is 13.2. The maximum absolute atomic E-state index is 4.57. The second-order valence-electron chi connectivity index (χ2n) is 6.59. The third kappa shape index (κ3) is 2.77. The molecule has 0 atom stereocenters. The molecule has 1 saturated carbocycles. The van der Waals surface area contributed by atoms with Crippen molar-refractivity contribution in [3.05, 3.63) is 16.6 Å². The highest BCUT2D eigenvalue weighted by atomic mass is 32.1. The van der Waals surface area contributed by atoms with Gasteiger partial charge in [0.25, 0.3) is 0 Å². The predicted octanol–water partition coefficient (Wildman–Crippen LogP) is 4.18. The molecule has 2 nitrogen and oxygen atoms in total. The van der Waals surface area contributed by atoms with Crippen LogP contribution in [0, 0.1) is 11.3 Å². The summed E-state index contributed by atoms with van der Waals surface area (Å²) in [6, 6.07) is 0. The fourth-order valence-corrected chi connectivity index (χ4v) is 4.12. The zero-order valence-corrected chi connectivity index (χ0v) is 12.9. The van der Waals surface area contributed by atoms with E-state index in [9.17, 15) is 0 Å². The Balaban J connectivity index is 2.12. The van der Waals surface area contributed by atoms with Crippen molar-refractivity contribution >= 4 is 11.3 Å². The monoisotopic (exact) mass is 266 g/mol. The minimum atomic E-state index is 0.157. The number of aromatic nitrogens is 1. The van der Waals surface area contributed by atoms with E-state index in [1.54, 1.807) is 11.3 Å². The molecular formula is C15H26N2S. The van der Waals surface area contributed by atoms with Crippen LogP contribution < -0.4 is 5.32 Å². The molecule has 1 aromatic heterocycles. The summed E-state index contributed by atoms with van der Waals surface area (Å²) < 4.78 is 0. The van der Waals surface area contributed by atoms with Crippen molar-refractivity contribution in [2.24, 2.45) is 11.3 Å². The Morgan fingerprint density at radius 1 is 1.39 bits per heavy atom. The second-order valence-corrected chi connectivity index (χ2v) is 7.48. The van der Waals surface area contributed by atoms with Crippen molar-refractivity contribution in [1.29, 1.82) is 0 Å². The van der Waals surface area contributed by atoms with Crippen LogP contribution in [0.1, 0.15) is 58.4 Å². The van der Waals surface area contributed by atoms with E-state index in [0.717, 1.165) is 12.5 Å². The summed E-state index contributed by atoms with van der Waals surface area (Å²) >= 11 is 1.80. The summed E-state index contributed by atoms with van der Waals surface area (Å²) in [6.07, 6.45) is 7.04. The van der Waals surface area contributed by atoms with E-state index in [4.69, 9.17) is 0 Å². The van der Waals surface area contributed by atoms with Crippen LogP contribution in [0.25, 0.3) is 0 Å². The number of rotatable bonds is 3. The first-order valence-electron chi connectivity index (χ1n) is 7.13. The van der Waals surface area contributed by atoms with Crippen molar-refractivity contribution in [3.63, 3.8) is 0 Å². The lowest BCUT2D eigenvalue weighted by molar-refractivity contribution is 0.114. The van der Waals surface area contributed by atoms with Gasteiger partial charge < -0.3 is 5.32 Å². The van der Waals surface area contributed by atoms with E-state index in [0.29, 0.717) is 5.41 Å². The van der Waals surface area contributed by atoms with E-state index in [1.807, 2.05) is 6.20 Å². The Morgan fingerprint density at radius 2 is 2.06 bits per heavy atom. The summed E-state index contributed by atoms with van der Waals surface area (Å²) in [4.78, 5) is 4.57. The first-order valence-corrected chi connectivity index (χ1v) is 8.01. The average molecular weight is 266 g/mol.